The summed E-state index contributed by atoms with van der Waals surface area (Å²) in [6.45, 7) is 9.32. The molecule has 0 aromatic rings. The van der Waals surface area contributed by atoms with Gasteiger partial charge in [0.1, 0.15) is 6.61 Å². The van der Waals surface area contributed by atoms with E-state index in [4.69, 9.17) is 18.9 Å². The minimum absolute atomic E-state index is 0.00989. The number of unbranched alkanes of at least 4 members (excludes halogenated alkanes) is 4. The topological polar surface area (TPSA) is 54.0 Å². The first-order valence-electron chi connectivity index (χ1n) is 8.91. The third-order valence-corrected chi connectivity index (χ3v) is 3.60. The molecule has 0 aliphatic rings. The maximum atomic E-state index is 11.6. The van der Waals surface area contributed by atoms with Gasteiger partial charge in [0.05, 0.1) is 31.5 Å². The summed E-state index contributed by atoms with van der Waals surface area (Å²) >= 11 is 0. The first kappa shape index (κ1) is 22.4. The average molecular weight is 332 g/mol. The van der Waals surface area contributed by atoms with Crippen molar-refractivity contribution >= 4 is 5.97 Å². The molecule has 0 aromatic heterocycles. The highest BCUT2D eigenvalue weighted by Gasteiger charge is 2.11. The van der Waals surface area contributed by atoms with E-state index in [0.29, 0.717) is 26.2 Å². The summed E-state index contributed by atoms with van der Waals surface area (Å²) in [5, 5.41) is 0. The lowest BCUT2D eigenvalue weighted by atomic mass is 10.1. The Labute approximate surface area is 142 Å². The summed E-state index contributed by atoms with van der Waals surface area (Å²) in [6, 6.07) is 0. The number of ether oxygens (including phenoxy) is 4. The third kappa shape index (κ3) is 14.7. The van der Waals surface area contributed by atoms with Gasteiger partial charge < -0.3 is 18.9 Å². The fraction of sp³-hybridized carbons (Fsp3) is 0.944. The molecule has 0 fully saturated rings. The number of methoxy groups -OCH3 is 1. The van der Waals surface area contributed by atoms with Gasteiger partial charge in [-0.1, -0.05) is 32.6 Å². The van der Waals surface area contributed by atoms with E-state index < -0.39 is 0 Å². The molecule has 0 rings (SSSR count). The summed E-state index contributed by atoms with van der Waals surface area (Å²) in [5.41, 5.74) is 0. The summed E-state index contributed by atoms with van der Waals surface area (Å²) < 4.78 is 21.6. The van der Waals surface area contributed by atoms with E-state index in [1.807, 2.05) is 20.8 Å². The van der Waals surface area contributed by atoms with Crippen LogP contribution in [0.5, 0.6) is 0 Å². The fourth-order valence-electron chi connectivity index (χ4n) is 1.92. The predicted molar refractivity (Wildman–Crippen MR) is 91.6 cm³/mol. The zero-order valence-electron chi connectivity index (χ0n) is 15.6. The first-order chi connectivity index (χ1) is 11.0. The van der Waals surface area contributed by atoms with Crippen molar-refractivity contribution in [2.24, 2.45) is 0 Å². The van der Waals surface area contributed by atoms with E-state index in [-0.39, 0.29) is 24.3 Å². The maximum absolute atomic E-state index is 11.6. The van der Waals surface area contributed by atoms with E-state index in [0.717, 1.165) is 12.8 Å². The highest BCUT2D eigenvalue weighted by molar-refractivity contribution is 5.69. The van der Waals surface area contributed by atoms with Crippen molar-refractivity contribution in [2.75, 3.05) is 26.9 Å². The maximum Gasteiger partial charge on any atom is 0.305 e. The lowest BCUT2D eigenvalue weighted by Gasteiger charge is -2.19. The summed E-state index contributed by atoms with van der Waals surface area (Å²) in [5.74, 6) is -0.129. The van der Waals surface area contributed by atoms with Crippen LogP contribution in [-0.4, -0.2) is 51.2 Å². The Morgan fingerprint density at radius 1 is 0.826 bits per heavy atom. The van der Waals surface area contributed by atoms with Crippen molar-refractivity contribution in [3.05, 3.63) is 0 Å². The van der Waals surface area contributed by atoms with Gasteiger partial charge >= 0.3 is 5.97 Å². The third-order valence-electron chi connectivity index (χ3n) is 3.60. The number of esters is 1. The van der Waals surface area contributed by atoms with Crippen molar-refractivity contribution in [3.8, 4) is 0 Å². The molecular formula is C18H36O5. The van der Waals surface area contributed by atoms with E-state index in [2.05, 4.69) is 6.92 Å². The van der Waals surface area contributed by atoms with E-state index in [9.17, 15) is 4.79 Å². The van der Waals surface area contributed by atoms with Crippen LogP contribution in [0.2, 0.25) is 0 Å². The van der Waals surface area contributed by atoms with Gasteiger partial charge in [0, 0.05) is 13.5 Å². The van der Waals surface area contributed by atoms with Crippen molar-refractivity contribution in [1.29, 1.82) is 0 Å². The molecule has 3 atom stereocenters. The smallest absolute Gasteiger partial charge is 0.305 e. The number of hydrogen-bond donors (Lipinski definition) is 0. The van der Waals surface area contributed by atoms with Gasteiger partial charge in [0.15, 0.2) is 0 Å². The van der Waals surface area contributed by atoms with Crippen LogP contribution in [0.15, 0.2) is 0 Å². The Morgan fingerprint density at radius 3 is 2.00 bits per heavy atom. The molecule has 138 valence electrons. The molecule has 0 aliphatic carbocycles. The molecule has 0 heterocycles. The van der Waals surface area contributed by atoms with Crippen molar-refractivity contribution < 1.29 is 23.7 Å². The second kappa shape index (κ2) is 14.9. The van der Waals surface area contributed by atoms with E-state index in [1.54, 1.807) is 7.11 Å². The predicted octanol–water partition coefficient (Wildman–Crippen LogP) is 3.74. The average Bonchev–Trinajstić information content (AvgIpc) is 2.55. The number of carbonyl (C=O) groups excluding carboxylic acids is 1. The van der Waals surface area contributed by atoms with Crippen LogP contribution in [0, 0.1) is 0 Å². The Hall–Kier alpha value is -0.650. The van der Waals surface area contributed by atoms with Gasteiger partial charge in [-0.2, -0.15) is 0 Å². The van der Waals surface area contributed by atoms with Crippen LogP contribution < -0.4 is 0 Å². The van der Waals surface area contributed by atoms with Gasteiger partial charge in [-0.25, -0.2) is 0 Å². The Balaban J connectivity index is 3.58. The molecule has 5 heteroatoms. The minimum Gasteiger partial charge on any atom is -0.463 e. The molecule has 0 radical (unpaired) electrons. The van der Waals surface area contributed by atoms with Gasteiger partial charge in [-0.3, -0.25) is 4.79 Å². The van der Waals surface area contributed by atoms with Gasteiger partial charge in [-0.15, -0.1) is 0 Å². The molecule has 5 nitrogen and oxygen atoms in total. The van der Waals surface area contributed by atoms with Gasteiger partial charge in [0.25, 0.3) is 0 Å². The van der Waals surface area contributed by atoms with Crippen LogP contribution in [0.4, 0.5) is 0 Å². The molecule has 0 bridgehead atoms. The first-order valence-corrected chi connectivity index (χ1v) is 8.91. The Bertz CT molecular complexity index is 283. The molecule has 0 amide bonds. The monoisotopic (exact) mass is 332 g/mol. The second-order valence-corrected chi connectivity index (χ2v) is 6.18. The lowest BCUT2D eigenvalue weighted by molar-refractivity contribution is -0.148. The molecule has 3 unspecified atom stereocenters. The van der Waals surface area contributed by atoms with Crippen molar-refractivity contribution in [3.63, 3.8) is 0 Å². The van der Waals surface area contributed by atoms with Gasteiger partial charge in [0.2, 0.25) is 0 Å². The van der Waals surface area contributed by atoms with Crippen LogP contribution >= 0.6 is 0 Å². The molecule has 0 aliphatic heterocycles. The SMILES string of the molecule is CCCCCCCC(=O)OCC(C)OCC(C)OCC(C)OC. The van der Waals surface area contributed by atoms with Gasteiger partial charge in [-0.05, 0) is 27.2 Å². The highest BCUT2D eigenvalue weighted by atomic mass is 16.6. The van der Waals surface area contributed by atoms with Crippen LogP contribution in [0.25, 0.3) is 0 Å². The summed E-state index contributed by atoms with van der Waals surface area (Å²) in [7, 11) is 1.66. The molecule has 0 saturated carbocycles. The zero-order chi connectivity index (χ0) is 17.5. The molecule has 23 heavy (non-hydrogen) atoms. The van der Waals surface area contributed by atoms with Crippen LogP contribution in [0.1, 0.15) is 66.2 Å². The largest absolute Gasteiger partial charge is 0.463 e. The number of rotatable bonds is 15. The summed E-state index contributed by atoms with van der Waals surface area (Å²) in [6.07, 6.45) is 6.12. The Morgan fingerprint density at radius 2 is 1.39 bits per heavy atom. The molecular weight excluding hydrogens is 296 g/mol. The van der Waals surface area contributed by atoms with E-state index >= 15 is 0 Å². The molecule has 0 saturated heterocycles. The summed E-state index contributed by atoms with van der Waals surface area (Å²) in [4.78, 5) is 11.6. The molecule has 0 N–H and O–H groups in total. The van der Waals surface area contributed by atoms with Crippen LogP contribution in [0.3, 0.4) is 0 Å². The second-order valence-electron chi connectivity index (χ2n) is 6.18. The molecule has 0 spiro atoms. The minimum atomic E-state index is -0.129. The standard InChI is InChI=1S/C18H36O5/c1-6-7-8-9-10-11-18(19)23-14-17(4)22-13-16(3)21-12-15(2)20-5/h15-17H,6-14H2,1-5H3. The van der Waals surface area contributed by atoms with Crippen LogP contribution in [-0.2, 0) is 23.7 Å². The quantitative estimate of drug-likeness (QED) is 0.338. The normalized spacial score (nSPS) is 15.2. The fourth-order valence-corrected chi connectivity index (χ4v) is 1.92. The van der Waals surface area contributed by atoms with Crippen molar-refractivity contribution in [1.82, 2.24) is 0 Å². The van der Waals surface area contributed by atoms with E-state index in [1.165, 1.54) is 19.3 Å². The lowest BCUT2D eigenvalue weighted by Crippen LogP contribution is -2.26. The Kier molecular flexibility index (Phi) is 14.5. The zero-order valence-corrected chi connectivity index (χ0v) is 15.6. The van der Waals surface area contributed by atoms with Crippen molar-refractivity contribution in [2.45, 2.75) is 84.5 Å². The number of carbonyl (C=O) groups is 1. The highest BCUT2D eigenvalue weighted by Crippen LogP contribution is 2.06. The molecule has 0 aromatic carbocycles. The number of hydrogen-bond acceptors (Lipinski definition) is 5.